The highest BCUT2D eigenvalue weighted by atomic mass is 32.2. The van der Waals surface area contributed by atoms with E-state index in [1.165, 1.54) is 19.4 Å². The molecule has 0 aliphatic carbocycles. The minimum atomic E-state index is -3.49. The second-order valence-corrected chi connectivity index (χ2v) is 7.12. The van der Waals surface area contributed by atoms with E-state index in [4.69, 9.17) is 14.2 Å². The number of benzene rings is 1. The molecule has 122 valence electrons. The van der Waals surface area contributed by atoms with Crippen LogP contribution in [0.4, 0.5) is 0 Å². The summed E-state index contributed by atoms with van der Waals surface area (Å²) in [5, 5.41) is 0. The van der Waals surface area contributed by atoms with Crippen molar-refractivity contribution >= 4 is 9.84 Å². The molecule has 2 aromatic rings. The van der Waals surface area contributed by atoms with Crippen molar-refractivity contribution in [3.8, 4) is 17.4 Å². The minimum Gasteiger partial charge on any atom is -0.490 e. The van der Waals surface area contributed by atoms with Crippen LogP contribution in [0, 0.1) is 0 Å². The number of nitrogens with zero attached hydrogens (tertiary/aromatic N) is 1. The summed E-state index contributed by atoms with van der Waals surface area (Å²) in [5.41, 5.74) is 0.595. The summed E-state index contributed by atoms with van der Waals surface area (Å²) in [6.07, 6.45) is 2.27. The molecule has 0 unspecified atom stereocenters. The summed E-state index contributed by atoms with van der Waals surface area (Å²) < 4.78 is 41.2. The van der Waals surface area contributed by atoms with Gasteiger partial charge in [-0.05, 0) is 17.7 Å². The molecule has 1 aliphatic heterocycles. The fourth-order valence-corrected chi connectivity index (χ4v) is 3.60. The lowest BCUT2D eigenvalue weighted by Crippen LogP contribution is -2.06. The van der Waals surface area contributed by atoms with Crippen LogP contribution in [0.15, 0.2) is 41.4 Å². The molecule has 0 spiro atoms. The fraction of sp³-hybridized carbons (Fsp3) is 0.312. The second kappa shape index (κ2) is 6.45. The lowest BCUT2D eigenvalue weighted by atomic mass is 10.3. The molecule has 0 N–H and O–H groups in total. The highest BCUT2D eigenvalue weighted by molar-refractivity contribution is 7.90. The molecule has 23 heavy (non-hydrogen) atoms. The van der Waals surface area contributed by atoms with Crippen molar-refractivity contribution < 1.29 is 22.6 Å². The third-order valence-corrected chi connectivity index (χ3v) is 5.13. The van der Waals surface area contributed by atoms with Gasteiger partial charge in [-0.2, -0.15) is 0 Å². The van der Waals surface area contributed by atoms with Gasteiger partial charge in [0.15, 0.2) is 21.3 Å². The van der Waals surface area contributed by atoms with Crippen molar-refractivity contribution in [1.82, 2.24) is 4.98 Å². The molecule has 1 aromatic heterocycles. The van der Waals surface area contributed by atoms with Crippen LogP contribution >= 0.6 is 0 Å². The summed E-state index contributed by atoms with van der Waals surface area (Å²) in [6, 6.07) is 8.03. The number of fused-ring (bicyclic) bond motifs is 1. The van der Waals surface area contributed by atoms with Gasteiger partial charge in [0.1, 0.15) is 0 Å². The van der Waals surface area contributed by atoms with Crippen LogP contribution in [0.2, 0.25) is 0 Å². The molecule has 0 amide bonds. The third kappa shape index (κ3) is 3.56. The van der Waals surface area contributed by atoms with E-state index in [9.17, 15) is 8.42 Å². The monoisotopic (exact) mass is 335 g/mol. The van der Waals surface area contributed by atoms with Gasteiger partial charge in [-0.15, -0.1) is 0 Å². The fourth-order valence-electron chi connectivity index (χ4n) is 2.26. The van der Waals surface area contributed by atoms with E-state index < -0.39 is 9.84 Å². The van der Waals surface area contributed by atoms with E-state index in [0.717, 1.165) is 6.42 Å². The Labute approximate surface area is 134 Å². The first-order valence-electron chi connectivity index (χ1n) is 7.20. The molecule has 3 rings (SSSR count). The van der Waals surface area contributed by atoms with E-state index in [1.54, 1.807) is 24.3 Å². The van der Waals surface area contributed by atoms with Gasteiger partial charge in [-0.1, -0.05) is 6.07 Å². The van der Waals surface area contributed by atoms with Crippen LogP contribution in [0.5, 0.6) is 17.4 Å². The first kappa shape index (κ1) is 15.6. The van der Waals surface area contributed by atoms with Crippen molar-refractivity contribution in [3.63, 3.8) is 0 Å². The zero-order chi connectivity index (χ0) is 16.3. The van der Waals surface area contributed by atoms with Gasteiger partial charge in [-0.25, -0.2) is 13.4 Å². The Morgan fingerprint density at radius 1 is 1.13 bits per heavy atom. The summed E-state index contributed by atoms with van der Waals surface area (Å²) >= 11 is 0. The van der Waals surface area contributed by atoms with Crippen molar-refractivity contribution in [2.24, 2.45) is 0 Å². The Kier molecular flexibility index (Phi) is 4.38. The molecule has 6 nitrogen and oxygen atoms in total. The summed E-state index contributed by atoms with van der Waals surface area (Å²) in [7, 11) is -1.98. The average molecular weight is 335 g/mol. The predicted octanol–water partition coefficient (Wildman–Crippen LogP) is 2.23. The Hall–Kier alpha value is -2.28. The SMILES string of the molecule is COc1ccc(CS(=O)(=O)c2ccc3c(c2)OCCCO3)cn1. The molecule has 0 bridgehead atoms. The Morgan fingerprint density at radius 3 is 2.61 bits per heavy atom. The quantitative estimate of drug-likeness (QED) is 0.853. The highest BCUT2D eigenvalue weighted by Gasteiger charge is 2.19. The van der Waals surface area contributed by atoms with Crippen LogP contribution in [0.3, 0.4) is 0 Å². The van der Waals surface area contributed by atoms with Crippen molar-refractivity contribution in [3.05, 3.63) is 42.1 Å². The Bertz CT molecular complexity index is 787. The predicted molar refractivity (Wildman–Crippen MR) is 83.7 cm³/mol. The van der Waals surface area contributed by atoms with Gasteiger partial charge in [0.25, 0.3) is 0 Å². The smallest absolute Gasteiger partial charge is 0.212 e. The highest BCUT2D eigenvalue weighted by Crippen LogP contribution is 2.32. The second-order valence-electron chi connectivity index (χ2n) is 5.13. The maximum Gasteiger partial charge on any atom is 0.212 e. The van der Waals surface area contributed by atoms with E-state index >= 15 is 0 Å². The van der Waals surface area contributed by atoms with Crippen LogP contribution in [-0.4, -0.2) is 33.7 Å². The lowest BCUT2D eigenvalue weighted by molar-refractivity contribution is 0.297. The normalized spacial score (nSPS) is 14.1. The molecular formula is C16H17NO5S. The molecule has 2 heterocycles. The number of rotatable bonds is 4. The van der Waals surface area contributed by atoms with E-state index in [0.29, 0.717) is 36.2 Å². The number of pyridine rings is 1. The molecule has 0 atom stereocenters. The molecule has 1 aliphatic rings. The summed E-state index contributed by atoms with van der Waals surface area (Å²) in [4.78, 5) is 4.23. The zero-order valence-corrected chi connectivity index (χ0v) is 13.5. The zero-order valence-electron chi connectivity index (χ0n) is 12.7. The number of sulfone groups is 1. The van der Waals surface area contributed by atoms with Gasteiger partial charge in [0.2, 0.25) is 5.88 Å². The maximum atomic E-state index is 12.6. The van der Waals surface area contributed by atoms with Crippen molar-refractivity contribution in [2.45, 2.75) is 17.1 Å². The number of aromatic nitrogens is 1. The van der Waals surface area contributed by atoms with Gasteiger partial charge in [0.05, 0.1) is 31.0 Å². The minimum absolute atomic E-state index is 0.135. The van der Waals surface area contributed by atoms with E-state index in [1.807, 2.05) is 0 Å². The van der Waals surface area contributed by atoms with E-state index in [-0.39, 0.29) is 10.6 Å². The lowest BCUT2D eigenvalue weighted by Gasteiger charge is -2.10. The number of hydrogen-bond donors (Lipinski definition) is 0. The largest absolute Gasteiger partial charge is 0.490 e. The van der Waals surface area contributed by atoms with Gasteiger partial charge >= 0.3 is 0 Å². The average Bonchev–Trinajstić information content (AvgIpc) is 2.80. The Balaban J connectivity index is 1.85. The topological polar surface area (TPSA) is 74.7 Å². The molecular weight excluding hydrogens is 318 g/mol. The summed E-state index contributed by atoms with van der Waals surface area (Å²) in [6.45, 7) is 1.08. The molecule has 0 saturated carbocycles. The van der Waals surface area contributed by atoms with Crippen molar-refractivity contribution in [1.29, 1.82) is 0 Å². The standard InChI is InChI=1S/C16H17NO5S/c1-20-16-6-3-12(10-17-16)11-23(18,19)13-4-5-14-15(9-13)22-8-2-7-21-14/h3-6,9-10H,2,7-8,11H2,1H3. The summed E-state index contributed by atoms with van der Waals surface area (Å²) in [5.74, 6) is 1.36. The molecule has 0 saturated heterocycles. The third-order valence-electron chi connectivity index (χ3n) is 3.44. The first-order chi connectivity index (χ1) is 11.1. The van der Waals surface area contributed by atoms with E-state index in [2.05, 4.69) is 4.98 Å². The molecule has 7 heteroatoms. The number of hydrogen-bond acceptors (Lipinski definition) is 6. The number of methoxy groups -OCH3 is 1. The Morgan fingerprint density at radius 2 is 1.91 bits per heavy atom. The number of ether oxygens (including phenoxy) is 3. The molecule has 0 fully saturated rings. The molecule has 0 radical (unpaired) electrons. The van der Waals surface area contributed by atoms with Crippen molar-refractivity contribution in [2.75, 3.05) is 20.3 Å². The van der Waals surface area contributed by atoms with Crippen LogP contribution in [0.1, 0.15) is 12.0 Å². The maximum absolute atomic E-state index is 12.6. The van der Waals surface area contributed by atoms with Gasteiger partial charge in [-0.3, -0.25) is 0 Å². The van der Waals surface area contributed by atoms with Crippen LogP contribution in [0.25, 0.3) is 0 Å². The molecule has 1 aromatic carbocycles. The van der Waals surface area contributed by atoms with Crippen LogP contribution < -0.4 is 14.2 Å². The van der Waals surface area contributed by atoms with Gasteiger partial charge in [0, 0.05) is 24.8 Å². The van der Waals surface area contributed by atoms with Crippen LogP contribution in [-0.2, 0) is 15.6 Å². The first-order valence-corrected chi connectivity index (χ1v) is 8.85. The van der Waals surface area contributed by atoms with Gasteiger partial charge < -0.3 is 14.2 Å².